The molecule has 0 radical (unpaired) electrons. The molecule has 7 nitrogen and oxygen atoms in total. The zero-order valence-electron chi connectivity index (χ0n) is 13.2. The molecule has 0 saturated carbocycles. The second kappa shape index (κ2) is 7.40. The molecular formula is C16H16FN3O4. The second-order valence-electron chi connectivity index (χ2n) is 5.03. The van der Waals surface area contributed by atoms with E-state index in [0.717, 1.165) is 0 Å². The van der Waals surface area contributed by atoms with E-state index in [1.807, 2.05) is 0 Å². The minimum Gasteiger partial charge on any atom is -0.494 e. The van der Waals surface area contributed by atoms with E-state index in [2.05, 4.69) is 5.32 Å². The first kappa shape index (κ1) is 17.2. The third-order valence-electron chi connectivity index (χ3n) is 3.32. The van der Waals surface area contributed by atoms with Gasteiger partial charge in [0, 0.05) is 19.7 Å². The van der Waals surface area contributed by atoms with Crippen molar-refractivity contribution in [3.05, 3.63) is 64.0 Å². The Hall–Kier alpha value is -3.16. The van der Waals surface area contributed by atoms with Crippen molar-refractivity contribution in [3.63, 3.8) is 0 Å². The lowest BCUT2D eigenvalue weighted by atomic mass is 10.2. The second-order valence-corrected chi connectivity index (χ2v) is 5.03. The van der Waals surface area contributed by atoms with E-state index in [4.69, 9.17) is 4.74 Å². The minimum atomic E-state index is -0.575. The quantitative estimate of drug-likeness (QED) is 0.671. The molecule has 0 fully saturated rings. The van der Waals surface area contributed by atoms with Crippen LogP contribution in [0.15, 0.2) is 42.5 Å². The number of benzene rings is 2. The van der Waals surface area contributed by atoms with Crippen LogP contribution >= 0.6 is 0 Å². The summed E-state index contributed by atoms with van der Waals surface area (Å²) in [5.41, 5.74) is 0.462. The lowest BCUT2D eigenvalue weighted by molar-refractivity contribution is -0.383. The Labute approximate surface area is 137 Å². The highest BCUT2D eigenvalue weighted by atomic mass is 19.1. The molecule has 126 valence electrons. The number of amides is 2. The lowest BCUT2D eigenvalue weighted by Crippen LogP contribution is -2.31. The smallest absolute Gasteiger partial charge is 0.322 e. The van der Waals surface area contributed by atoms with E-state index in [-0.39, 0.29) is 23.7 Å². The van der Waals surface area contributed by atoms with Gasteiger partial charge in [0.15, 0.2) is 11.6 Å². The molecule has 0 aliphatic rings. The third kappa shape index (κ3) is 3.97. The van der Waals surface area contributed by atoms with E-state index in [9.17, 15) is 19.3 Å². The molecule has 2 amide bonds. The van der Waals surface area contributed by atoms with Gasteiger partial charge in [-0.1, -0.05) is 18.2 Å². The lowest BCUT2D eigenvalue weighted by Gasteiger charge is -2.18. The molecule has 24 heavy (non-hydrogen) atoms. The van der Waals surface area contributed by atoms with Crippen LogP contribution in [0, 0.1) is 15.9 Å². The Kier molecular flexibility index (Phi) is 5.31. The van der Waals surface area contributed by atoms with Crippen LogP contribution in [-0.2, 0) is 6.54 Å². The zero-order valence-corrected chi connectivity index (χ0v) is 13.2. The van der Waals surface area contributed by atoms with Gasteiger partial charge in [0.1, 0.15) is 5.69 Å². The standard InChI is InChI=1S/C16H16FN3O4/c1-19(10-11-7-8-15(24-2)12(17)9-11)16(21)18-13-5-3-4-6-14(13)20(22)23/h3-9H,10H2,1-2H3,(H,18,21). The largest absolute Gasteiger partial charge is 0.494 e. The fraction of sp³-hybridized carbons (Fsp3) is 0.188. The average Bonchev–Trinajstić information content (AvgIpc) is 2.55. The number of nitrogens with zero attached hydrogens (tertiary/aromatic N) is 2. The Bertz CT molecular complexity index is 767. The van der Waals surface area contributed by atoms with Gasteiger partial charge >= 0.3 is 6.03 Å². The van der Waals surface area contributed by atoms with Crippen LogP contribution in [0.3, 0.4) is 0 Å². The van der Waals surface area contributed by atoms with Gasteiger partial charge in [-0.05, 0) is 23.8 Å². The van der Waals surface area contributed by atoms with E-state index in [0.29, 0.717) is 5.56 Å². The first-order valence-corrected chi connectivity index (χ1v) is 7.00. The predicted octanol–water partition coefficient (Wildman–Crippen LogP) is 3.41. The molecule has 1 N–H and O–H groups in total. The maximum Gasteiger partial charge on any atom is 0.322 e. The summed E-state index contributed by atoms with van der Waals surface area (Å²) in [6.07, 6.45) is 0. The highest BCUT2D eigenvalue weighted by molar-refractivity contribution is 5.91. The SMILES string of the molecule is COc1ccc(CN(C)C(=O)Nc2ccccc2[N+](=O)[O-])cc1F. The Morgan fingerprint density at radius 3 is 2.67 bits per heavy atom. The van der Waals surface area contributed by atoms with Gasteiger partial charge in [0.25, 0.3) is 5.69 Å². The molecule has 0 aliphatic carbocycles. The monoisotopic (exact) mass is 333 g/mol. The number of hydrogen-bond acceptors (Lipinski definition) is 4. The highest BCUT2D eigenvalue weighted by Gasteiger charge is 2.17. The van der Waals surface area contributed by atoms with Gasteiger partial charge in [-0.25, -0.2) is 9.18 Å². The molecule has 0 heterocycles. The number of halogens is 1. The summed E-state index contributed by atoms with van der Waals surface area (Å²) in [5, 5.41) is 13.4. The number of methoxy groups -OCH3 is 1. The van der Waals surface area contributed by atoms with Gasteiger partial charge in [0.2, 0.25) is 0 Å². The number of ether oxygens (including phenoxy) is 1. The number of urea groups is 1. The van der Waals surface area contributed by atoms with Crippen molar-refractivity contribution in [2.24, 2.45) is 0 Å². The maximum atomic E-state index is 13.7. The van der Waals surface area contributed by atoms with Crippen molar-refractivity contribution in [2.45, 2.75) is 6.54 Å². The molecule has 2 aromatic rings. The van der Waals surface area contributed by atoms with Gasteiger partial charge in [-0.3, -0.25) is 10.1 Å². The van der Waals surface area contributed by atoms with Crippen molar-refractivity contribution < 1.29 is 18.8 Å². The normalized spacial score (nSPS) is 10.1. The fourth-order valence-corrected chi connectivity index (χ4v) is 2.10. The van der Waals surface area contributed by atoms with Crippen LogP contribution in [0.2, 0.25) is 0 Å². The van der Waals surface area contributed by atoms with Gasteiger partial charge in [0.05, 0.1) is 12.0 Å². The van der Waals surface area contributed by atoms with E-state index in [1.54, 1.807) is 12.1 Å². The molecule has 0 aromatic heterocycles. The topological polar surface area (TPSA) is 84.7 Å². The van der Waals surface area contributed by atoms with Gasteiger partial charge < -0.3 is 15.0 Å². The number of nitro benzene ring substituents is 1. The van der Waals surface area contributed by atoms with Crippen LogP contribution in [0.5, 0.6) is 5.75 Å². The van der Waals surface area contributed by atoms with Crippen molar-refractivity contribution in [3.8, 4) is 5.75 Å². The van der Waals surface area contributed by atoms with Crippen LogP contribution in [0.4, 0.5) is 20.6 Å². The summed E-state index contributed by atoms with van der Waals surface area (Å²) in [5.74, 6) is -0.409. The number of nitrogens with one attached hydrogen (secondary N) is 1. The molecule has 0 atom stereocenters. The Morgan fingerprint density at radius 2 is 2.04 bits per heavy atom. The molecule has 0 unspecified atom stereocenters. The molecule has 2 aromatic carbocycles. The molecule has 0 saturated heterocycles. The molecule has 0 bridgehead atoms. The number of rotatable bonds is 5. The maximum absolute atomic E-state index is 13.7. The van der Waals surface area contributed by atoms with E-state index >= 15 is 0 Å². The highest BCUT2D eigenvalue weighted by Crippen LogP contribution is 2.24. The zero-order chi connectivity index (χ0) is 17.7. The van der Waals surface area contributed by atoms with E-state index < -0.39 is 16.8 Å². The van der Waals surface area contributed by atoms with E-state index in [1.165, 1.54) is 49.4 Å². The number of carbonyl (C=O) groups is 1. The Balaban J connectivity index is 2.08. The number of anilines is 1. The summed E-state index contributed by atoms with van der Waals surface area (Å²) in [6, 6.07) is 9.67. The van der Waals surface area contributed by atoms with Crippen molar-refractivity contribution in [1.82, 2.24) is 4.90 Å². The summed E-state index contributed by atoms with van der Waals surface area (Å²) < 4.78 is 18.5. The summed E-state index contributed by atoms with van der Waals surface area (Å²) in [6.45, 7) is 0.132. The Morgan fingerprint density at radius 1 is 1.33 bits per heavy atom. The first-order valence-electron chi connectivity index (χ1n) is 7.00. The van der Waals surface area contributed by atoms with Crippen molar-refractivity contribution in [1.29, 1.82) is 0 Å². The summed E-state index contributed by atoms with van der Waals surface area (Å²) in [7, 11) is 2.87. The van der Waals surface area contributed by atoms with Crippen LogP contribution in [0.25, 0.3) is 0 Å². The summed E-state index contributed by atoms with van der Waals surface area (Å²) in [4.78, 5) is 23.8. The molecule has 0 spiro atoms. The fourth-order valence-electron chi connectivity index (χ4n) is 2.10. The van der Waals surface area contributed by atoms with Crippen LogP contribution in [0.1, 0.15) is 5.56 Å². The molecule has 2 rings (SSSR count). The molecular weight excluding hydrogens is 317 g/mol. The number of para-hydroxylation sites is 2. The van der Waals surface area contributed by atoms with Crippen LogP contribution < -0.4 is 10.1 Å². The molecule has 8 heteroatoms. The van der Waals surface area contributed by atoms with Gasteiger partial charge in [-0.2, -0.15) is 0 Å². The first-order chi connectivity index (χ1) is 11.4. The summed E-state index contributed by atoms with van der Waals surface area (Å²) >= 11 is 0. The minimum absolute atomic E-state index is 0.0975. The predicted molar refractivity (Wildman–Crippen MR) is 86.5 cm³/mol. The van der Waals surface area contributed by atoms with Crippen LogP contribution in [-0.4, -0.2) is 30.0 Å². The molecule has 0 aliphatic heterocycles. The third-order valence-corrected chi connectivity index (χ3v) is 3.32. The van der Waals surface area contributed by atoms with Gasteiger partial charge in [-0.15, -0.1) is 0 Å². The van der Waals surface area contributed by atoms with Crippen molar-refractivity contribution in [2.75, 3.05) is 19.5 Å². The number of carbonyl (C=O) groups excluding carboxylic acids is 1. The average molecular weight is 333 g/mol. The van der Waals surface area contributed by atoms with Crippen molar-refractivity contribution >= 4 is 17.4 Å². The number of nitro groups is 1. The number of hydrogen-bond donors (Lipinski definition) is 1.